The molecule has 0 radical (unpaired) electrons. The van der Waals surface area contributed by atoms with Crippen molar-refractivity contribution in [1.29, 1.82) is 0 Å². The first kappa shape index (κ1) is 9.19. The molecule has 3 nitrogen and oxygen atoms in total. The van der Waals surface area contributed by atoms with Crippen molar-refractivity contribution in [3.63, 3.8) is 0 Å². The molecular weight excluding hydrogens is 156 g/mol. The lowest BCUT2D eigenvalue weighted by molar-refractivity contribution is -0.364. The van der Waals surface area contributed by atoms with Gasteiger partial charge in [-0.1, -0.05) is 30.3 Å². The third-order valence-electron chi connectivity index (χ3n) is 1.47. The van der Waals surface area contributed by atoms with Crippen molar-refractivity contribution in [2.24, 2.45) is 0 Å². The van der Waals surface area contributed by atoms with Gasteiger partial charge in [-0.2, -0.15) is 4.89 Å². The summed E-state index contributed by atoms with van der Waals surface area (Å²) in [5, 5.41) is 0. The van der Waals surface area contributed by atoms with Gasteiger partial charge in [0.25, 0.3) is 0 Å². The molecule has 0 saturated heterocycles. The summed E-state index contributed by atoms with van der Waals surface area (Å²) in [5.74, 6) is 0. The van der Waals surface area contributed by atoms with Crippen LogP contribution in [-0.2, 0) is 14.5 Å². The van der Waals surface area contributed by atoms with Gasteiger partial charge in [-0.05, 0) is 0 Å². The highest BCUT2D eigenvalue weighted by molar-refractivity contribution is 5.15. The molecule has 12 heavy (non-hydrogen) atoms. The molecule has 1 aromatic carbocycles. The van der Waals surface area contributed by atoms with E-state index in [0.29, 0.717) is 0 Å². The van der Waals surface area contributed by atoms with Crippen LogP contribution in [0.1, 0.15) is 11.9 Å². The summed E-state index contributed by atoms with van der Waals surface area (Å²) in [6.45, 7) is 0. The molecule has 3 heteroatoms. The number of hydrogen-bond donors (Lipinski definition) is 0. The summed E-state index contributed by atoms with van der Waals surface area (Å²) in [7, 11) is 3.02. The average molecular weight is 168 g/mol. The molecule has 66 valence electrons. The van der Waals surface area contributed by atoms with Crippen LogP contribution >= 0.6 is 0 Å². The number of rotatable bonds is 4. The maximum Gasteiger partial charge on any atom is 0.217 e. The predicted octanol–water partition coefficient (Wildman–Crippen LogP) is 1.91. The molecule has 0 heterocycles. The van der Waals surface area contributed by atoms with E-state index in [2.05, 4.69) is 4.89 Å². The SMILES string of the molecule is COOC(OC)c1ccccc1. The Bertz CT molecular complexity index is 210. The van der Waals surface area contributed by atoms with Crippen molar-refractivity contribution >= 4 is 0 Å². The third kappa shape index (κ3) is 2.30. The number of methoxy groups -OCH3 is 1. The van der Waals surface area contributed by atoms with Gasteiger partial charge in [0.1, 0.15) is 0 Å². The second kappa shape index (κ2) is 4.87. The molecule has 1 aromatic rings. The van der Waals surface area contributed by atoms with Crippen LogP contribution in [0.25, 0.3) is 0 Å². The van der Waals surface area contributed by atoms with E-state index in [4.69, 9.17) is 9.62 Å². The quantitative estimate of drug-likeness (QED) is 0.390. The summed E-state index contributed by atoms with van der Waals surface area (Å²) >= 11 is 0. The number of hydrogen-bond acceptors (Lipinski definition) is 3. The summed E-state index contributed by atoms with van der Waals surface area (Å²) in [6.07, 6.45) is -0.448. The molecule has 0 saturated carbocycles. The van der Waals surface area contributed by atoms with Gasteiger partial charge in [-0.3, -0.25) is 0 Å². The Labute approximate surface area is 71.8 Å². The van der Waals surface area contributed by atoms with Crippen LogP contribution in [-0.4, -0.2) is 14.2 Å². The van der Waals surface area contributed by atoms with Gasteiger partial charge in [0.05, 0.1) is 7.11 Å². The van der Waals surface area contributed by atoms with Crippen LogP contribution in [0.3, 0.4) is 0 Å². The standard InChI is InChI=1S/C9H12O3/c1-10-9(12-11-2)8-6-4-3-5-7-8/h3-7,9H,1-2H3. The first-order valence-corrected chi connectivity index (χ1v) is 3.65. The van der Waals surface area contributed by atoms with Crippen LogP contribution in [0, 0.1) is 0 Å². The third-order valence-corrected chi connectivity index (χ3v) is 1.47. The van der Waals surface area contributed by atoms with Crippen LogP contribution < -0.4 is 0 Å². The molecule has 1 unspecified atom stereocenters. The van der Waals surface area contributed by atoms with Crippen molar-refractivity contribution in [3.05, 3.63) is 35.9 Å². The topological polar surface area (TPSA) is 27.7 Å². The summed E-state index contributed by atoms with van der Waals surface area (Å²) in [4.78, 5) is 9.38. The molecule has 0 spiro atoms. The molecule has 1 atom stereocenters. The second-order valence-corrected chi connectivity index (χ2v) is 2.24. The van der Waals surface area contributed by atoms with Gasteiger partial charge in [0.2, 0.25) is 6.29 Å². The minimum atomic E-state index is -0.448. The van der Waals surface area contributed by atoms with E-state index in [9.17, 15) is 0 Å². The second-order valence-electron chi connectivity index (χ2n) is 2.24. The average Bonchev–Trinajstić information content (AvgIpc) is 2.15. The molecule has 1 rings (SSSR count). The molecule has 0 fully saturated rings. The zero-order valence-corrected chi connectivity index (χ0v) is 7.19. The highest BCUT2D eigenvalue weighted by Gasteiger charge is 2.09. The molecule has 0 aliphatic carbocycles. The van der Waals surface area contributed by atoms with E-state index in [1.807, 2.05) is 30.3 Å². The monoisotopic (exact) mass is 168 g/mol. The smallest absolute Gasteiger partial charge is 0.217 e. The van der Waals surface area contributed by atoms with Crippen molar-refractivity contribution in [3.8, 4) is 0 Å². The Kier molecular flexibility index (Phi) is 3.73. The van der Waals surface area contributed by atoms with Crippen molar-refractivity contribution in [2.45, 2.75) is 6.29 Å². The Morgan fingerprint density at radius 1 is 1.08 bits per heavy atom. The van der Waals surface area contributed by atoms with Crippen molar-refractivity contribution < 1.29 is 14.5 Å². The van der Waals surface area contributed by atoms with Gasteiger partial charge >= 0.3 is 0 Å². The predicted molar refractivity (Wildman–Crippen MR) is 44.3 cm³/mol. The Morgan fingerprint density at radius 2 is 1.75 bits per heavy atom. The van der Waals surface area contributed by atoms with Gasteiger partial charge < -0.3 is 4.74 Å². The molecule has 0 aliphatic heterocycles. The normalized spacial score (nSPS) is 12.8. The van der Waals surface area contributed by atoms with Crippen LogP contribution in [0.2, 0.25) is 0 Å². The lowest BCUT2D eigenvalue weighted by Gasteiger charge is -2.12. The molecular formula is C9H12O3. The fourth-order valence-electron chi connectivity index (χ4n) is 0.928. The number of ether oxygens (including phenoxy) is 1. The van der Waals surface area contributed by atoms with Crippen LogP contribution in [0.15, 0.2) is 30.3 Å². The van der Waals surface area contributed by atoms with Crippen LogP contribution in [0.4, 0.5) is 0 Å². The van der Waals surface area contributed by atoms with Gasteiger partial charge in [-0.15, -0.1) is 0 Å². The fourth-order valence-corrected chi connectivity index (χ4v) is 0.928. The first-order chi connectivity index (χ1) is 5.88. The summed E-state index contributed by atoms with van der Waals surface area (Å²) in [5.41, 5.74) is 0.932. The molecule has 0 bridgehead atoms. The maximum absolute atomic E-state index is 5.03. The molecule has 0 aromatic heterocycles. The minimum Gasteiger partial charge on any atom is -0.349 e. The Morgan fingerprint density at radius 3 is 2.25 bits per heavy atom. The fraction of sp³-hybridized carbons (Fsp3) is 0.333. The summed E-state index contributed by atoms with van der Waals surface area (Å²) in [6, 6.07) is 9.59. The Balaban J connectivity index is 2.66. The molecule has 0 amide bonds. The van der Waals surface area contributed by atoms with E-state index in [0.717, 1.165) is 5.56 Å². The lowest BCUT2D eigenvalue weighted by Crippen LogP contribution is -2.05. The number of benzene rings is 1. The lowest BCUT2D eigenvalue weighted by atomic mass is 10.2. The first-order valence-electron chi connectivity index (χ1n) is 3.65. The minimum absolute atomic E-state index is 0.448. The van der Waals surface area contributed by atoms with E-state index < -0.39 is 6.29 Å². The van der Waals surface area contributed by atoms with Gasteiger partial charge in [0.15, 0.2) is 0 Å². The highest BCUT2D eigenvalue weighted by atomic mass is 17.2. The van der Waals surface area contributed by atoms with Gasteiger partial charge in [-0.25, -0.2) is 4.89 Å². The van der Waals surface area contributed by atoms with E-state index >= 15 is 0 Å². The van der Waals surface area contributed by atoms with E-state index in [1.54, 1.807) is 7.11 Å². The van der Waals surface area contributed by atoms with E-state index in [-0.39, 0.29) is 0 Å². The van der Waals surface area contributed by atoms with Crippen molar-refractivity contribution in [1.82, 2.24) is 0 Å². The Hall–Kier alpha value is -0.900. The molecule has 0 N–H and O–H groups in total. The van der Waals surface area contributed by atoms with Gasteiger partial charge in [0, 0.05) is 12.7 Å². The maximum atomic E-state index is 5.03. The van der Waals surface area contributed by atoms with E-state index in [1.165, 1.54) is 7.11 Å². The summed E-state index contributed by atoms with van der Waals surface area (Å²) < 4.78 is 5.03. The van der Waals surface area contributed by atoms with Crippen molar-refractivity contribution in [2.75, 3.05) is 14.2 Å². The zero-order valence-electron chi connectivity index (χ0n) is 7.19. The zero-order chi connectivity index (χ0) is 8.81. The molecule has 0 aliphatic rings. The largest absolute Gasteiger partial charge is 0.349 e. The van der Waals surface area contributed by atoms with Crippen LogP contribution in [0.5, 0.6) is 0 Å². The highest BCUT2D eigenvalue weighted by Crippen LogP contribution is 2.16.